The molecule has 30 heavy (non-hydrogen) atoms. The number of carbonyl (C=O) groups is 1. The van der Waals surface area contributed by atoms with E-state index in [-0.39, 0.29) is 15.4 Å². The van der Waals surface area contributed by atoms with E-state index in [0.29, 0.717) is 11.3 Å². The van der Waals surface area contributed by atoms with Gasteiger partial charge in [-0.15, -0.1) is 11.3 Å². The Bertz CT molecular complexity index is 1090. The monoisotopic (exact) mass is 496 g/mol. The van der Waals surface area contributed by atoms with Crippen LogP contribution in [0, 0.1) is 0 Å². The van der Waals surface area contributed by atoms with Crippen LogP contribution in [0.25, 0.3) is 11.3 Å². The summed E-state index contributed by atoms with van der Waals surface area (Å²) in [4.78, 5) is 19.9. The number of para-hydroxylation sites is 1. The van der Waals surface area contributed by atoms with Gasteiger partial charge in [-0.1, -0.05) is 35.3 Å². The molecule has 0 saturated heterocycles. The number of thiazole rings is 1. The normalized spacial score (nSPS) is 12.3. The first kappa shape index (κ1) is 22.3. The Labute approximate surface area is 184 Å². The number of halogens is 5. The van der Waals surface area contributed by atoms with Crippen LogP contribution in [0.3, 0.4) is 0 Å². The van der Waals surface area contributed by atoms with Crippen LogP contribution in [0.2, 0.25) is 10.3 Å². The third-order valence-electron chi connectivity index (χ3n) is 3.32. The molecule has 158 valence electrons. The maximum Gasteiger partial charge on any atom is 0.420 e. The quantitative estimate of drug-likeness (QED) is 0.466. The lowest BCUT2D eigenvalue weighted by Crippen LogP contribution is -2.33. The van der Waals surface area contributed by atoms with Crippen molar-refractivity contribution >= 4 is 57.0 Å². The highest BCUT2D eigenvalue weighted by Crippen LogP contribution is 2.36. The van der Waals surface area contributed by atoms with E-state index in [0.717, 1.165) is 29.5 Å². The number of alkyl halides is 3. The van der Waals surface area contributed by atoms with Crippen molar-refractivity contribution in [1.29, 1.82) is 0 Å². The third-order valence-corrected chi connectivity index (χ3v) is 5.15. The van der Waals surface area contributed by atoms with E-state index >= 15 is 0 Å². The van der Waals surface area contributed by atoms with Gasteiger partial charge in [-0.3, -0.25) is 5.32 Å². The van der Waals surface area contributed by atoms with Gasteiger partial charge in [0.1, 0.15) is 10.3 Å². The average molecular weight is 497 g/mol. The molecule has 3 rings (SSSR count). The molecule has 0 spiro atoms. The minimum atomic E-state index is -4.71. The third kappa shape index (κ3) is 5.81. The van der Waals surface area contributed by atoms with E-state index in [2.05, 4.69) is 15.3 Å². The van der Waals surface area contributed by atoms with Crippen molar-refractivity contribution in [3.63, 3.8) is 0 Å². The van der Waals surface area contributed by atoms with Gasteiger partial charge in [0.25, 0.3) is 0 Å². The number of anilines is 1. The van der Waals surface area contributed by atoms with Gasteiger partial charge in [0.05, 0.1) is 11.3 Å². The summed E-state index contributed by atoms with van der Waals surface area (Å²) in [5.74, 6) is -0.688. The SMILES string of the molecule is O=C(Nc1nc(-c2cc(Cl)nc(Cl)c2)cs1)NS(=O)Oc1ccccc1C(F)(F)F. The molecular weight excluding hydrogens is 488 g/mol. The second-order valence-electron chi connectivity index (χ2n) is 5.41. The van der Waals surface area contributed by atoms with E-state index < -0.39 is 34.8 Å². The van der Waals surface area contributed by atoms with Crippen molar-refractivity contribution in [3.8, 4) is 17.0 Å². The number of amides is 2. The van der Waals surface area contributed by atoms with Gasteiger partial charge >= 0.3 is 23.5 Å². The van der Waals surface area contributed by atoms with E-state index in [1.54, 1.807) is 5.38 Å². The maximum atomic E-state index is 12.9. The smallest absolute Gasteiger partial charge is 0.384 e. The van der Waals surface area contributed by atoms with Gasteiger partial charge < -0.3 is 4.18 Å². The van der Waals surface area contributed by atoms with Crippen LogP contribution in [-0.4, -0.2) is 20.2 Å². The molecule has 2 heterocycles. The molecule has 2 N–H and O–H groups in total. The van der Waals surface area contributed by atoms with Crippen molar-refractivity contribution in [2.45, 2.75) is 6.18 Å². The predicted octanol–water partition coefficient (Wildman–Crippen LogP) is 5.31. The Morgan fingerprint density at radius 1 is 1.13 bits per heavy atom. The van der Waals surface area contributed by atoms with Crippen LogP contribution in [0.1, 0.15) is 5.56 Å². The van der Waals surface area contributed by atoms with Gasteiger partial charge in [0, 0.05) is 10.9 Å². The van der Waals surface area contributed by atoms with Crippen molar-refractivity contribution in [2.75, 3.05) is 5.32 Å². The van der Waals surface area contributed by atoms with E-state index in [1.165, 1.54) is 18.2 Å². The highest BCUT2D eigenvalue weighted by molar-refractivity contribution is 7.79. The molecule has 14 heteroatoms. The van der Waals surface area contributed by atoms with Crippen LogP contribution in [0.15, 0.2) is 41.8 Å². The van der Waals surface area contributed by atoms with Gasteiger partial charge in [0.15, 0.2) is 10.9 Å². The number of rotatable bonds is 5. The standard InChI is InChI=1S/C16H9Cl2F3N4O3S2/c17-12-5-8(6-13(18)23-12)10-7-29-15(22-10)24-14(26)25-30(27)28-11-4-2-1-3-9(11)16(19,20)21/h1-7H,(H2,22,24,25,26). The van der Waals surface area contributed by atoms with E-state index in [9.17, 15) is 22.2 Å². The zero-order valence-electron chi connectivity index (χ0n) is 14.4. The largest absolute Gasteiger partial charge is 0.420 e. The number of benzene rings is 1. The Balaban J connectivity index is 1.63. The first-order chi connectivity index (χ1) is 14.1. The van der Waals surface area contributed by atoms with Gasteiger partial charge in [-0.25, -0.2) is 19.5 Å². The number of carbonyl (C=O) groups excluding carboxylic acids is 1. The summed E-state index contributed by atoms with van der Waals surface area (Å²) < 4.78 is 57.3. The number of nitrogens with zero attached hydrogens (tertiary/aromatic N) is 2. The van der Waals surface area contributed by atoms with Crippen molar-refractivity contribution in [1.82, 2.24) is 14.7 Å². The van der Waals surface area contributed by atoms with Crippen LogP contribution in [0.5, 0.6) is 5.75 Å². The zero-order valence-corrected chi connectivity index (χ0v) is 17.5. The number of hydrogen-bond donors (Lipinski definition) is 2. The molecule has 1 aromatic carbocycles. The number of urea groups is 1. The molecule has 7 nitrogen and oxygen atoms in total. The molecule has 0 saturated carbocycles. The highest BCUT2D eigenvalue weighted by Gasteiger charge is 2.34. The number of pyridine rings is 1. The number of nitrogens with one attached hydrogen (secondary N) is 2. The predicted molar refractivity (Wildman–Crippen MR) is 108 cm³/mol. The lowest BCUT2D eigenvalue weighted by Gasteiger charge is -2.12. The lowest BCUT2D eigenvalue weighted by molar-refractivity contribution is -0.138. The molecule has 2 aromatic heterocycles. The fourth-order valence-corrected chi connectivity index (χ4v) is 3.88. The molecule has 2 amide bonds. The average Bonchev–Trinajstić information content (AvgIpc) is 3.08. The lowest BCUT2D eigenvalue weighted by atomic mass is 10.2. The molecule has 0 bridgehead atoms. The molecule has 0 radical (unpaired) electrons. The van der Waals surface area contributed by atoms with Crippen molar-refractivity contribution in [2.24, 2.45) is 0 Å². The Kier molecular flexibility index (Phi) is 6.81. The number of hydrogen-bond acceptors (Lipinski definition) is 6. The van der Waals surface area contributed by atoms with E-state index in [1.807, 2.05) is 4.72 Å². The summed E-state index contributed by atoms with van der Waals surface area (Å²) in [6.45, 7) is 0. The van der Waals surface area contributed by atoms with Crippen molar-refractivity contribution in [3.05, 3.63) is 57.6 Å². The zero-order chi connectivity index (χ0) is 21.9. The minimum Gasteiger partial charge on any atom is -0.384 e. The van der Waals surface area contributed by atoms with Crippen molar-refractivity contribution < 1.29 is 26.4 Å². The Hall–Kier alpha value is -2.41. The summed E-state index contributed by atoms with van der Waals surface area (Å²) in [7, 11) is 0. The Morgan fingerprint density at radius 2 is 1.80 bits per heavy atom. The second-order valence-corrected chi connectivity index (χ2v) is 7.88. The Morgan fingerprint density at radius 3 is 2.47 bits per heavy atom. The van der Waals surface area contributed by atoms with Crippen LogP contribution >= 0.6 is 34.5 Å². The van der Waals surface area contributed by atoms with Gasteiger partial charge in [-0.2, -0.15) is 17.4 Å². The summed E-state index contributed by atoms with van der Waals surface area (Å²) >= 11 is 10.1. The minimum absolute atomic E-state index is 0.124. The highest BCUT2D eigenvalue weighted by atomic mass is 35.5. The summed E-state index contributed by atoms with van der Waals surface area (Å²) in [5, 5.41) is 4.34. The molecule has 1 atom stereocenters. The van der Waals surface area contributed by atoms with Crippen LogP contribution in [0.4, 0.5) is 23.1 Å². The first-order valence-electron chi connectivity index (χ1n) is 7.75. The topological polar surface area (TPSA) is 93.2 Å². The fraction of sp³-hybridized carbons (Fsp3) is 0.0625. The molecule has 3 aromatic rings. The number of aromatic nitrogens is 2. The molecule has 0 aliphatic heterocycles. The molecule has 0 fully saturated rings. The second kappa shape index (κ2) is 9.16. The summed E-state index contributed by atoms with van der Waals surface area (Å²) in [6, 6.07) is 6.23. The molecule has 1 unspecified atom stereocenters. The first-order valence-corrected chi connectivity index (χ1v) is 10.5. The molecule has 0 aliphatic rings. The van der Waals surface area contributed by atoms with Crippen LogP contribution in [-0.2, 0) is 17.4 Å². The van der Waals surface area contributed by atoms with Gasteiger partial charge in [-0.05, 0) is 24.3 Å². The van der Waals surface area contributed by atoms with Crippen LogP contribution < -0.4 is 14.2 Å². The fourth-order valence-electron chi connectivity index (χ4n) is 2.15. The maximum absolute atomic E-state index is 12.9. The van der Waals surface area contributed by atoms with Gasteiger partial charge in [0.2, 0.25) is 0 Å². The summed E-state index contributed by atoms with van der Waals surface area (Å²) in [6.07, 6.45) is -4.71. The summed E-state index contributed by atoms with van der Waals surface area (Å²) in [5.41, 5.74) is -0.127. The van der Waals surface area contributed by atoms with E-state index in [4.69, 9.17) is 27.4 Å². The molecule has 0 aliphatic carbocycles. The molecular formula is C16H9Cl2F3N4O3S2.